The van der Waals surface area contributed by atoms with Gasteiger partial charge >= 0.3 is 0 Å². The third-order valence-electron chi connectivity index (χ3n) is 7.71. The number of hydrogen-bond acceptors (Lipinski definition) is 6. The average molecular weight is 644 g/mol. The van der Waals surface area contributed by atoms with E-state index in [0.29, 0.717) is 17.9 Å². The van der Waals surface area contributed by atoms with Gasteiger partial charge in [-0.2, -0.15) is 0 Å². The Labute approximate surface area is 271 Å². The van der Waals surface area contributed by atoms with Crippen molar-refractivity contribution in [2.75, 3.05) is 25.1 Å². The maximum Gasteiger partial charge on any atom is 0.264 e. The molecule has 4 rings (SSSR count). The fourth-order valence-electron chi connectivity index (χ4n) is 4.98. The molecule has 0 radical (unpaired) electrons. The Hall–Kier alpha value is -4.83. The SMILES string of the molecule is CC[C@@H](C)NC(=O)[C@H](Cc1ccccc1)N(Cc1cccc(OC)c1)C(=O)CN(c1cccc(OC)c1)S(=O)(=O)c1ccccc1. The second kappa shape index (κ2) is 15.9. The quantitative estimate of drug-likeness (QED) is 0.185. The first kappa shape index (κ1) is 34.1. The zero-order chi connectivity index (χ0) is 33.1. The standard InChI is InChI=1S/C36H41N3O6S/c1-5-27(2)37-36(41)34(23-28-14-8-6-9-15-28)38(25-29-16-12-18-31(22-29)44-3)35(40)26-39(30-17-13-19-32(24-30)45-4)46(42,43)33-20-10-7-11-21-33/h6-22,24,27,34H,5,23,25-26H2,1-4H3,(H,37,41)/t27-,34+/m1/s1. The minimum absolute atomic E-state index is 0.0281. The van der Waals surface area contributed by atoms with Crippen molar-refractivity contribution >= 4 is 27.5 Å². The molecular weight excluding hydrogens is 602 g/mol. The zero-order valence-corrected chi connectivity index (χ0v) is 27.4. The molecule has 0 spiro atoms. The number of ether oxygens (including phenoxy) is 2. The lowest BCUT2D eigenvalue weighted by Gasteiger charge is -2.34. The van der Waals surface area contributed by atoms with Crippen molar-refractivity contribution < 1.29 is 27.5 Å². The molecule has 2 atom stereocenters. The van der Waals surface area contributed by atoms with Crippen LogP contribution in [-0.4, -0.2) is 58.0 Å². The molecule has 0 bridgehead atoms. The summed E-state index contributed by atoms with van der Waals surface area (Å²) < 4.78 is 40.1. The smallest absolute Gasteiger partial charge is 0.264 e. The van der Waals surface area contributed by atoms with E-state index in [-0.39, 0.29) is 35.5 Å². The Morgan fingerprint density at radius 2 is 1.37 bits per heavy atom. The molecule has 1 N–H and O–H groups in total. The van der Waals surface area contributed by atoms with Crippen LogP contribution in [0.4, 0.5) is 5.69 Å². The van der Waals surface area contributed by atoms with Gasteiger partial charge < -0.3 is 19.7 Å². The summed E-state index contributed by atoms with van der Waals surface area (Å²) in [6, 6.07) is 30.1. The van der Waals surface area contributed by atoms with Crippen molar-refractivity contribution in [2.24, 2.45) is 0 Å². The first-order valence-corrected chi connectivity index (χ1v) is 16.6. The van der Waals surface area contributed by atoms with Gasteiger partial charge in [-0.3, -0.25) is 13.9 Å². The predicted molar refractivity (Wildman–Crippen MR) is 179 cm³/mol. The molecule has 46 heavy (non-hydrogen) atoms. The van der Waals surface area contributed by atoms with Crippen LogP contribution < -0.4 is 19.1 Å². The molecule has 242 valence electrons. The van der Waals surface area contributed by atoms with Gasteiger partial charge in [-0.1, -0.05) is 73.7 Å². The molecule has 4 aromatic rings. The lowest BCUT2D eigenvalue weighted by molar-refractivity contribution is -0.140. The molecule has 0 aliphatic rings. The molecule has 0 saturated carbocycles. The molecule has 4 aromatic carbocycles. The molecule has 0 heterocycles. The van der Waals surface area contributed by atoms with E-state index in [9.17, 15) is 18.0 Å². The number of anilines is 1. The molecule has 0 fully saturated rings. The van der Waals surface area contributed by atoms with Crippen LogP contribution in [-0.2, 0) is 32.6 Å². The van der Waals surface area contributed by atoms with Crippen LogP contribution in [0.1, 0.15) is 31.4 Å². The summed E-state index contributed by atoms with van der Waals surface area (Å²) in [7, 11) is -1.17. The molecule has 10 heteroatoms. The fraction of sp³-hybridized carbons (Fsp3) is 0.278. The van der Waals surface area contributed by atoms with Crippen LogP contribution in [0.3, 0.4) is 0 Å². The van der Waals surface area contributed by atoms with Crippen molar-refractivity contribution in [2.45, 2.75) is 50.2 Å². The number of nitrogens with one attached hydrogen (secondary N) is 1. The normalized spacial score (nSPS) is 12.4. The Morgan fingerprint density at radius 1 is 0.783 bits per heavy atom. The van der Waals surface area contributed by atoms with Crippen LogP contribution in [0, 0.1) is 0 Å². The number of carbonyl (C=O) groups is 2. The number of methoxy groups -OCH3 is 2. The highest BCUT2D eigenvalue weighted by Gasteiger charge is 2.35. The maximum atomic E-state index is 14.6. The zero-order valence-electron chi connectivity index (χ0n) is 26.6. The fourth-order valence-corrected chi connectivity index (χ4v) is 6.40. The first-order chi connectivity index (χ1) is 22.2. The number of benzene rings is 4. The summed E-state index contributed by atoms with van der Waals surface area (Å²) in [5.74, 6) is 0.151. The average Bonchev–Trinajstić information content (AvgIpc) is 3.09. The monoisotopic (exact) mass is 643 g/mol. The molecule has 0 aliphatic heterocycles. The maximum absolute atomic E-state index is 14.6. The second-order valence-corrected chi connectivity index (χ2v) is 12.8. The van der Waals surface area contributed by atoms with E-state index in [2.05, 4.69) is 5.32 Å². The summed E-state index contributed by atoms with van der Waals surface area (Å²) in [6.07, 6.45) is 0.927. The van der Waals surface area contributed by atoms with Gasteiger partial charge in [0.1, 0.15) is 24.1 Å². The van der Waals surface area contributed by atoms with E-state index >= 15 is 0 Å². The second-order valence-electron chi connectivity index (χ2n) is 10.9. The van der Waals surface area contributed by atoms with E-state index in [1.54, 1.807) is 61.7 Å². The number of sulfonamides is 1. The Balaban J connectivity index is 1.82. The Morgan fingerprint density at radius 3 is 2.00 bits per heavy atom. The molecule has 0 saturated heterocycles. The van der Waals surface area contributed by atoms with E-state index in [1.807, 2.05) is 56.3 Å². The van der Waals surface area contributed by atoms with Crippen LogP contribution in [0.15, 0.2) is 114 Å². The highest BCUT2D eigenvalue weighted by molar-refractivity contribution is 7.92. The molecule has 2 amide bonds. The summed E-state index contributed by atoms with van der Waals surface area (Å²) in [6.45, 7) is 3.36. The lowest BCUT2D eigenvalue weighted by Crippen LogP contribution is -2.54. The van der Waals surface area contributed by atoms with Gasteiger partial charge in [-0.15, -0.1) is 0 Å². The highest BCUT2D eigenvalue weighted by atomic mass is 32.2. The van der Waals surface area contributed by atoms with Gasteiger partial charge in [0.25, 0.3) is 10.0 Å². The van der Waals surface area contributed by atoms with Crippen LogP contribution in [0.25, 0.3) is 0 Å². The van der Waals surface area contributed by atoms with E-state index in [0.717, 1.165) is 15.4 Å². The van der Waals surface area contributed by atoms with Gasteiger partial charge in [-0.25, -0.2) is 8.42 Å². The summed E-state index contributed by atoms with van der Waals surface area (Å²) in [4.78, 5) is 30.0. The lowest BCUT2D eigenvalue weighted by atomic mass is 10.0. The number of carbonyl (C=O) groups excluding carboxylic acids is 2. The van der Waals surface area contributed by atoms with Gasteiger partial charge in [0.2, 0.25) is 11.8 Å². The number of nitrogens with zero attached hydrogens (tertiary/aromatic N) is 2. The third kappa shape index (κ3) is 8.66. The van der Waals surface area contributed by atoms with Gasteiger partial charge in [0, 0.05) is 25.1 Å². The van der Waals surface area contributed by atoms with Crippen molar-refractivity contribution in [1.29, 1.82) is 0 Å². The highest BCUT2D eigenvalue weighted by Crippen LogP contribution is 2.28. The van der Waals surface area contributed by atoms with Gasteiger partial charge in [0.05, 0.1) is 24.8 Å². The van der Waals surface area contributed by atoms with E-state index in [1.165, 1.54) is 24.1 Å². The number of hydrogen-bond donors (Lipinski definition) is 1. The predicted octanol–water partition coefficient (Wildman–Crippen LogP) is 5.45. The largest absolute Gasteiger partial charge is 0.497 e. The van der Waals surface area contributed by atoms with Crippen molar-refractivity contribution in [3.05, 3.63) is 120 Å². The van der Waals surface area contributed by atoms with Gasteiger partial charge in [-0.05, 0) is 60.9 Å². The molecule has 0 aliphatic carbocycles. The Bertz CT molecular complexity index is 1700. The summed E-state index contributed by atoms with van der Waals surface area (Å²) in [5.41, 5.74) is 1.83. The van der Waals surface area contributed by atoms with E-state index in [4.69, 9.17) is 9.47 Å². The molecule has 9 nitrogen and oxygen atoms in total. The number of amides is 2. The minimum Gasteiger partial charge on any atom is -0.497 e. The van der Waals surface area contributed by atoms with E-state index < -0.39 is 28.5 Å². The van der Waals surface area contributed by atoms with Crippen molar-refractivity contribution in [3.63, 3.8) is 0 Å². The third-order valence-corrected chi connectivity index (χ3v) is 9.50. The van der Waals surface area contributed by atoms with Crippen molar-refractivity contribution in [3.8, 4) is 11.5 Å². The number of rotatable bonds is 15. The van der Waals surface area contributed by atoms with Crippen LogP contribution in [0.5, 0.6) is 11.5 Å². The van der Waals surface area contributed by atoms with Gasteiger partial charge in [0.15, 0.2) is 0 Å². The molecule has 0 aromatic heterocycles. The summed E-state index contributed by atoms with van der Waals surface area (Å²) >= 11 is 0. The Kier molecular flexibility index (Phi) is 11.8. The molecular formula is C36H41N3O6S. The van der Waals surface area contributed by atoms with Crippen LogP contribution in [0.2, 0.25) is 0 Å². The first-order valence-electron chi connectivity index (χ1n) is 15.1. The molecule has 0 unspecified atom stereocenters. The van der Waals surface area contributed by atoms with Crippen molar-refractivity contribution in [1.82, 2.24) is 10.2 Å². The topological polar surface area (TPSA) is 105 Å². The minimum atomic E-state index is -4.21. The van der Waals surface area contributed by atoms with Crippen LogP contribution >= 0.6 is 0 Å². The summed E-state index contributed by atoms with van der Waals surface area (Å²) in [5, 5.41) is 3.04.